The number of benzene rings is 2. The van der Waals surface area contributed by atoms with Gasteiger partial charge in [-0.15, -0.1) is 0 Å². The smallest absolute Gasteiger partial charge is 0.335 e. The summed E-state index contributed by atoms with van der Waals surface area (Å²) in [4.78, 5) is 25.5. The molecule has 0 bridgehead atoms. The van der Waals surface area contributed by atoms with Crippen LogP contribution >= 0.6 is 10.9 Å². The van der Waals surface area contributed by atoms with Crippen molar-refractivity contribution in [1.82, 2.24) is 0 Å². The number of hydrogen-bond acceptors (Lipinski definition) is 3. The largest absolute Gasteiger partial charge is 0.478 e. The van der Waals surface area contributed by atoms with Crippen molar-refractivity contribution < 1.29 is 28.2 Å². The van der Waals surface area contributed by atoms with Crippen molar-refractivity contribution in [3.8, 4) is 0 Å². The van der Waals surface area contributed by atoms with Crippen molar-refractivity contribution in [2.24, 2.45) is 5.73 Å². The number of primary amides is 1. The van der Waals surface area contributed by atoms with E-state index in [2.05, 4.69) is 0 Å². The van der Waals surface area contributed by atoms with Gasteiger partial charge in [0.15, 0.2) is 0 Å². The lowest BCUT2D eigenvalue weighted by atomic mass is 9.98. The molecular formula is C24H23F2NO4S. The van der Waals surface area contributed by atoms with Crippen LogP contribution in [0.4, 0.5) is 8.78 Å². The molecule has 0 radical (unpaired) electrons. The maximum absolute atomic E-state index is 13.9. The van der Waals surface area contributed by atoms with Gasteiger partial charge in [-0.05, 0) is 57.2 Å². The Morgan fingerprint density at radius 2 is 1.81 bits per heavy atom. The van der Waals surface area contributed by atoms with E-state index in [0.29, 0.717) is 30.8 Å². The fourth-order valence-electron chi connectivity index (χ4n) is 4.41. The first kappa shape index (κ1) is 22.2. The van der Waals surface area contributed by atoms with E-state index in [1.165, 1.54) is 12.1 Å². The summed E-state index contributed by atoms with van der Waals surface area (Å²) in [6.45, 7) is 2.86. The van der Waals surface area contributed by atoms with Crippen LogP contribution in [-0.4, -0.2) is 30.2 Å². The Balaban J connectivity index is 1.80. The SMILES string of the molecule is C[C@@H](c1ccc(C(=O)O)cc1)[SH]1C2=C(CCOC2)C(C(N)=O)=C1Cc1cc(F)cc(F)c1. The third-order valence-electron chi connectivity index (χ3n) is 5.82. The molecule has 0 aromatic heterocycles. The molecule has 4 rings (SSSR count). The van der Waals surface area contributed by atoms with Crippen molar-refractivity contribution in [1.29, 1.82) is 0 Å². The minimum atomic E-state index is -1.10. The van der Waals surface area contributed by atoms with E-state index in [1.54, 1.807) is 24.3 Å². The Bertz CT molecular complexity index is 1140. The van der Waals surface area contributed by atoms with Crippen LogP contribution in [0.2, 0.25) is 0 Å². The maximum Gasteiger partial charge on any atom is 0.335 e. The predicted molar refractivity (Wildman–Crippen MR) is 120 cm³/mol. The van der Waals surface area contributed by atoms with Crippen molar-refractivity contribution >= 4 is 22.8 Å². The molecule has 2 atom stereocenters. The molecule has 0 spiro atoms. The number of ether oxygens (including phenoxy) is 1. The van der Waals surface area contributed by atoms with Gasteiger partial charge in [0.1, 0.15) is 11.6 Å². The van der Waals surface area contributed by atoms with Gasteiger partial charge in [-0.1, -0.05) is 19.1 Å². The molecule has 0 saturated carbocycles. The van der Waals surface area contributed by atoms with E-state index < -0.39 is 34.4 Å². The summed E-state index contributed by atoms with van der Waals surface area (Å²) in [5.41, 5.74) is 8.65. The summed E-state index contributed by atoms with van der Waals surface area (Å²) < 4.78 is 33.4. The predicted octanol–water partition coefficient (Wildman–Crippen LogP) is 4.40. The number of carboxylic acids is 1. The first-order valence-corrected chi connectivity index (χ1v) is 11.6. The Morgan fingerprint density at radius 3 is 2.41 bits per heavy atom. The molecule has 3 N–H and O–H groups in total. The summed E-state index contributed by atoms with van der Waals surface area (Å²) in [6.07, 6.45) is 0.751. The Morgan fingerprint density at radius 1 is 1.16 bits per heavy atom. The summed E-state index contributed by atoms with van der Waals surface area (Å²) in [6, 6.07) is 9.97. The zero-order valence-corrected chi connectivity index (χ0v) is 18.3. The first-order chi connectivity index (χ1) is 15.3. The van der Waals surface area contributed by atoms with Crippen LogP contribution in [0.15, 0.2) is 63.4 Å². The van der Waals surface area contributed by atoms with Crippen LogP contribution in [0.1, 0.15) is 40.1 Å². The molecule has 1 unspecified atom stereocenters. The van der Waals surface area contributed by atoms with Crippen LogP contribution in [0.25, 0.3) is 0 Å². The zero-order valence-electron chi connectivity index (χ0n) is 17.4. The van der Waals surface area contributed by atoms with Gasteiger partial charge in [-0.3, -0.25) is 4.79 Å². The molecule has 2 aliphatic heterocycles. The average molecular weight is 460 g/mol. The van der Waals surface area contributed by atoms with Crippen LogP contribution < -0.4 is 5.73 Å². The molecule has 32 heavy (non-hydrogen) atoms. The maximum atomic E-state index is 13.9. The molecule has 1 amide bonds. The van der Waals surface area contributed by atoms with Gasteiger partial charge in [0.25, 0.3) is 0 Å². The van der Waals surface area contributed by atoms with Gasteiger partial charge in [0, 0.05) is 17.7 Å². The Labute approximate surface area is 186 Å². The van der Waals surface area contributed by atoms with Gasteiger partial charge >= 0.3 is 5.97 Å². The van der Waals surface area contributed by atoms with Gasteiger partial charge in [-0.25, -0.2) is 13.6 Å². The highest BCUT2D eigenvalue weighted by molar-refractivity contribution is 8.24. The standard InChI is InChI=1S/C24H23F2NO4S/c1-13(15-2-4-16(5-3-15)24(29)30)32-20(10-14-8-17(25)11-18(26)9-14)22(23(27)28)19-6-7-31-12-21(19)32/h2-5,8-9,11,13,32H,6-7,10,12H2,1H3,(H2,27,28)(H,29,30)/t13-/m0/s1. The first-order valence-electron chi connectivity index (χ1n) is 10.2. The number of carbonyl (C=O) groups excluding carboxylic acids is 1. The van der Waals surface area contributed by atoms with Gasteiger partial charge in [-0.2, -0.15) is 10.9 Å². The van der Waals surface area contributed by atoms with Crippen LogP contribution in [0.3, 0.4) is 0 Å². The second-order valence-electron chi connectivity index (χ2n) is 7.84. The lowest BCUT2D eigenvalue weighted by Crippen LogP contribution is -2.18. The van der Waals surface area contributed by atoms with E-state index in [-0.39, 0.29) is 17.2 Å². The van der Waals surface area contributed by atoms with Crippen molar-refractivity contribution in [2.45, 2.75) is 25.0 Å². The fourth-order valence-corrected chi connectivity index (χ4v) is 7.72. The molecular weight excluding hydrogens is 436 g/mol. The summed E-state index contributed by atoms with van der Waals surface area (Å²) in [7, 11) is -1.10. The minimum absolute atomic E-state index is 0.0789. The van der Waals surface area contributed by atoms with Crippen LogP contribution in [0, 0.1) is 11.6 Å². The molecule has 0 saturated heterocycles. The van der Waals surface area contributed by atoms with Crippen LogP contribution in [0.5, 0.6) is 0 Å². The van der Waals surface area contributed by atoms with Crippen molar-refractivity contribution in [3.05, 3.63) is 91.7 Å². The number of halogens is 2. The number of carboxylic acid groups (broad SMARTS) is 1. The number of carbonyl (C=O) groups is 2. The third-order valence-corrected chi connectivity index (χ3v) is 8.84. The monoisotopic (exact) mass is 459 g/mol. The highest BCUT2D eigenvalue weighted by atomic mass is 32.2. The number of allylic oxidation sites excluding steroid dienone is 1. The minimum Gasteiger partial charge on any atom is -0.478 e. The molecule has 2 aliphatic rings. The number of rotatable bonds is 6. The van der Waals surface area contributed by atoms with Crippen LogP contribution in [-0.2, 0) is 16.0 Å². The lowest BCUT2D eigenvalue weighted by Gasteiger charge is -2.32. The van der Waals surface area contributed by atoms with E-state index in [0.717, 1.165) is 27.0 Å². The molecule has 0 aliphatic carbocycles. The molecule has 8 heteroatoms. The molecule has 0 fully saturated rings. The molecule has 2 aromatic rings. The van der Waals surface area contributed by atoms with E-state index in [9.17, 15) is 23.5 Å². The summed E-state index contributed by atoms with van der Waals surface area (Å²) >= 11 is 0. The highest BCUT2D eigenvalue weighted by Crippen LogP contribution is 2.63. The Kier molecular flexibility index (Phi) is 6.17. The van der Waals surface area contributed by atoms with Gasteiger partial charge < -0.3 is 15.6 Å². The number of amides is 1. The highest BCUT2D eigenvalue weighted by Gasteiger charge is 2.38. The third kappa shape index (κ3) is 4.20. The van der Waals surface area contributed by atoms with E-state index in [4.69, 9.17) is 10.5 Å². The fraction of sp³-hybridized carbons (Fsp3) is 0.250. The van der Waals surface area contributed by atoms with E-state index >= 15 is 0 Å². The van der Waals surface area contributed by atoms with Crippen molar-refractivity contribution in [2.75, 3.05) is 13.2 Å². The Hall–Kier alpha value is -2.97. The van der Waals surface area contributed by atoms with Gasteiger partial charge in [0.05, 0.1) is 24.4 Å². The molecule has 168 valence electrons. The van der Waals surface area contributed by atoms with E-state index in [1.807, 2.05) is 6.92 Å². The normalized spacial score (nSPS) is 20.3. The second kappa shape index (κ2) is 8.88. The summed E-state index contributed by atoms with van der Waals surface area (Å²) in [5, 5.41) is 9.11. The average Bonchev–Trinajstić information content (AvgIpc) is 3.06. The zero-order chi connectivity index (χ0) is 23.0. The second-order valence-corrected chi connectivity index (χ2v) is 10.4. The summed E-state index contributed by atoms with van der Waals surface area (Å²) in [5.74, 6) is -2.92. The van der Waals surface area contributed by atoms with Gasteiger partial charge in [0.2, 0.25) is 5.91 Å². The molecule has 2 aromatic carbocycles. The number of aromatic carboxylic acids is 1. The lowest BCUT2D eigenvalue weighted by molar-refractivity contribution is -0.114. The molecule has 2 heterocycles. The quantitative estimate of drug-likeness (QED) is 0.559. The topological polar surface area (TPSA) is 89.6 Å². The van der Waals surface area contributed by atoms with Crippen molar-refractivity contribution in [3.63, 3.8) is 0 Å². The number of hydrogen-bond donors (Lipinski definition) is 3. The number of thiol groups is 1. The number of nitrogens with two attached hydrogens (primary N) is 1. The molecule has 5 nitrogen and oxygen atoms in total.